The number of piperidine rings is 1. The first-order valence-electron chi connectivity index (χ1n) is 11.8. The van der Waals surface area contributed by atoms with E-state index in [9.17, 15) is 27.6 Å². The predicted molar refractivity (Wildman–Crippen MR) is 125 cm³/mol. The van der Waals surface area contributed by atoms with E-state index in [1.807, 2.05) is 21.0 Å². The standard InChI is InChI=1S/C23H28F3N7O3/c1-27-22(36)18-3-2-16(13-28-18)32-8-10-33(11-9-32)20(34)14-31-6-4-15(5-7-31)19-12-17(23(24,25)26)21(35)30-29-19/h2-3,12-13,15H,4-11,14H2,1H3,(H,27,36)(H,30,35). The lowest BCUT2D eigenvalue weighted by Crippen LogP contribution is -2.52. The first-order valence-corrected chi connectivity index (χ1v) is 11.8. The van der Waals surface area contributed by atoms with E-state index in [0.717, 1.165) is 11.8 Å². The number of aromatic nitrogens is 3. The van der Waals surface area contributed by atoms with Gasteiger partial charge in [-0.2, -0.15) is 18.3 Å². The Hall–Kier alpha value is -3.48. The number of piperazine rings is 1. The van der Waals surface area contributed by atoms with Gasteiger partial charge in [0.1, 0.15) is 11.3 Å². The molecule has 2 aliphatic rings. The molecule has 2 amide bonds. The smallest absolute Gasteiger partial charge is 0.367 e. The van der Waals surface area contributed by atoms with Gasteiger partial charge in [0.25, 0.3) is 11.5 Å². The van der Waals surface area contributed by atoms with E-state index in [1.165, 1.54) is 0 Å². The molecule has 0 bridgehead atoms. The SMILES string of the molecule is CNC(=O)c1ccc(N2CCN(C(=O)CN3CCC(c4cc(C(F)(F)F)c(=O)[nH]n4)CC3)CC2)cn1. The Morgan fingerprint density at radius 2 is 1.81 bits per heavy atom. The van der Waals surface area contributed by atoms with Crippen molar-refractivity contribution in [2.75, 3.05) is 57.8 Å². The molecule has 0 aromatic carbocycles. The molecule has 13 heteroatoms. The summed E-state index contributed by atoms with van der Waals surface area (Å²) in [7, 11) is 1.55. The van der Waals surface area contributed by atoms with Gasteiger partial charge >= 0.3 is 6.18 Å². The predicted octanol–water partition coefficient (Wildman–Crippen LogP) is 1.07. The van der Waals surface area contributed by atoms with Gasteiger partial charge in [-0.25, -0.2) is 10.1 Å². The summed E-state index contributed by atoms with van der Waals surface area (Å²) >= 11 is 0. The minimum atomic E-state index is -4.73. The Kier molecular flexibility index (Phi) is 7.57. The fourth-order valence-electron chi connectivity index (χ4n) is 4.57. The van der Waals surface area contributed by atoms with Crippen molar-refractivity contribution in [2.24, 2.45) is 0 Å². The van der Waals surface area contributed by atoms with Crippen LogP contribution < -0.4 is 15.8 Å². The number of hydrogen-bond donors (Lipinski definition) is 2. The number of likely N-dealkylation sites (tertiary alicyclic amines) is 1. The summed E-state index contributed by atoms with van der Waals surface area (Å²) in [6.07, 6.45) is -1.97. The average Bonchev–Trinajstić information content (AvgIpc) is 2.88. The second kappa shape index (κ2) is 10.6. The van der Waals surface area contributed by atoms with Gasteiger partial charge in [0, 0.05) is 39.1 Å². The van der Waals surface area contributed by atoms with Crippen LogP contribution in [0, 0.1) is 0 Å². The fraction of sp³-hybridized carbons (Fsp3) is 0.522. The summed E-state index contributed by atoms with van der Waals surface area (Å²) in [5.41, 5.74) is -1.02. The normalized spacial score (nSPS) is 17.8. The summed E-state index contributed by atoms with van der Waals surface area (Å²) in [6.45, 7) is 3.79. The molecule has 10 nitrogen and oxygen atoms in total. The number of H-pyrrole nitrogens is 1. The van der Waals surface area contributed by atoms with Crippen molar-refractivity contribution in [3.8, 4) is 0 Å². The summed E-state index contributed by atoms with van der Waals surface area (Å²) < 4.78 is 39.1. The maximum atomic E-state index is 13.0. The number of pyridine rings is 1. The average molecular weight is 508 g/mol. The van der Waals surface area contributed by atoms with Gasteiger partial charge in [0.2, 0.25) is 5.91 Å². The number of rotatable bonds is 5. The molecule has 194 valence electrons. The van der Waals surface area contributed by atoms with Gasteiger partial charge in [-0.1, -0.05) is 0 Å². The van der Waals surface area contributed by atoms with Crippen LogP contribution in [0.1, 0.15) is 40.5 Å². The first kappa shape index (κ1) is 25.6. The number of hydrogen-bond acceptors (Lipinski definition) is 7. The Morgan fingerprint density at radius 1 is 1.11 bits per heavy atom. The van der Waals surface area contributed by atoms with Crippen molar-refractivity contribution in [2.45, 2.75) is 24.9 Å². The first-order chi connectivity index (χ1) is 17.2. The number of alkyl halides is 3. The fourth-order valence-corrected chi connectivity index (χ4v) is 4.57. The number of aromatic amines is 1. The van der Waals surface area contributed by atoms with Crippen molar-refractivity contribution in [3.05, 3.63) is 51.7 Å². The van der Waals surface area contributed by atoms with Crippen molar-refractivity contribution in [3.63, 3.8) is 0 Å². The Morgan fingerprint density at radius 3 is 2.39 bits per heavy atom. The molecule has 0 unspecified atom stereocenters. The van der Waals surface area contributed by atoms with E-state index < -0.39 is 17.3 Å². The lowest BCUT2D eigenvalue weighted by atomic mass is 9.92. The number of amides is 2. The van der Waals surface area contributed by atoms with E-state index in [-0.39, 0.29) is 30.0 Å². The summed E-state index contributed by atoms with van der Waals surface area (Å²) in [4.78, 5) is 46.1. The Labute approximate surface area is 205 Å². The maximum absolute atomic E-state index is 13.0. The van der Waals surface area contributed by atoms with Gasteiger partial charge in [0.15, 0.2) is 0 Å². The number of nitrogens with one attached hydrogen (secondary N) is 2. The van der Waals surface area contributed by atoms with E-state index in [4.69, 9.17) is 0 Å². The molecule has 0 aliphatic carbocycles. The molecular weight excluding hydrogens is 479 g/mol. The minimum absolute atomic E-state index is 0.0164. The van der Waals surface area contributed by atoms with Crippen LogP contribution in [0.5, 0.6) is 0 Å². The highest BCUT2D eigenvalue weighted by Crippen LogP contribution is 2.31. The number of carbonyl (C=O) groups excluding carboxylic acids is 2. The molecule has 2 fully saturated rings. The summed E-state index contributed by atoms with van der Waals surface area (Å²) in [5, 5.41) is 8.32. The van der Waals surface area contributed by atoms with E-state index in [2.05, 4.69) is 20.3 Å². The van der Waals surface area contributed by atoms with Crippen molar-refractivity contribution >= 4 is 17.5 Å². The van der Waals surface area contributed by atoms with Crippen LogP contribution in [0.25, 0.3) is 0 Å². The highest BCUT2D eigenvalue weighted by molar-refractivity contribution is 5.92. The molecule has 0 radical (unpaired) electrons. The van der Waals surface area contributed by atoms with E-state index in [0.29, 0.717) is 57.8 Å². The van der Waals surface area contributed by atoms with Crippen LogP contribution in [-0.2, 0) is 11.0 Å². The number of halogens is 3. The topological polar surface area (TPSA) is 115 Å². The molecule has 0 saturated carbocycles. The molecule has 36 heavy (non-hydrogen) atoms. The molecular formula is C23H28F3N7O3. The van der Waals surface area contributed by atoms with Gasteiger partial charge in [-0.3, -0.25) is 19.3 Å². The van der Waals surface area contributed by atoms with Gasteiger partial charge < -0.3 is 15.1 Å². The van der Waals surface area contributed by atoms with Gasteiger partial charge in [0.05, 0.1) is 24.1 Å². The summed E-state index contributed by atoms with van der Waals surface area (Å²) in [5.74, 6) is -0.439. The molecule has 0 atom stereocenters. The highest BCUT2D eigenvalue weighted by atomic mass is 19.4. The van der Waals surface area contributed by atoms with Crippen LogP contribution in [0.3, 0.4) is 0 Å². The third-order valence-electron chi connectivity index (χ3n) is 6.70. The third kappa shape index (κ3) is 5.83. The van der Waals surface area contributed by atoms with Crippen molar-refractivity contribution in [1.82, 2.24) is 30.3 Å². The number of nitrogens with zero attached hydrogens (tertiary/aromatic N) is 5. The summed E-state index contributed by atoms with van der Waals surface area (Å²) in [6, 6.07) is 4.35. The number of anilines is 1. The van der Waals surface area contributed by atoms with Crippen molar-refractivity contribution < 1.29 is 22.8 Å². The molecule has 0 spiro atoms. The molecule has 4 rings (SSSR count). The number of carbonyl (C=O) groups is 2. The van der Waals surface area contributed by atoms with Crippen LogP contribution in [-0.4, -0.2) is 89.7 Å². The highest BCUT2D eigenvalue weighted by Gasteiger charge is 2.35. The van der Waals surface area contributed by atoms with Crippen molar-refractivity contribution in [1.29, 1.82) is 0 Å². The van der Waals surface area contributed by atoms with Gasteiger partial charge in [-0.15, -0.1) is 0 Å². The van der Waals surface area contributed by atoms with E-state index in [1.54, 1.807) is 19.3 Å². The third-order valence-corrected chi connectivity index (χ3v) is 6.70. The largest absolute Gasteiger partial charge is 0.421 e. The second-order valence-electron chi connectivity index (χ2n) is 8.93. The van der Waals surface area contributed by atoms with Crippen LogP contribution in [0.15, 0.2) is 29.2 Å². The minimum Gasteiger partial charge on any atom is -0.367 e. The van der Waals surface area contributed by atoms with Crippen LogP contribution in [0.2, 0.25) is 0 Å². The second-order valence-corrected chi connectivity index (χ2v) is 8.93. The van der Waals surface area contributed by atoms with Crippen LogP contribution in [0.4, 0.5) is 18.9 Å². The monoisotopic (exact) mass is 507 g/mol. The molecule has 2 aromatic rings. The molecule has 4 heterocycles. The molecule has 2 aromatic heterocycles. The Bertz CT molecular complexity index is 1140. The zero-order valence-corrected chi connectivity index (χ0v) is 19.8. The zero-order chi connectivity index (χ0) is 25.9. The van der Waals surface area contributed by atoms with Crippen LogP contribution >= 0.6 is 0 Å². The van der Waals surface area contributed by atoms with Gasteiger partial charge in [-0.05, 0) is 44.1 Å². The Balaban J connectivity index is 1.25. The lowest BCUT2D eigenvalue weighted by molar-refractivity contribution is -0.139. The molecule has 2 N–H and O–H groups in total. The molecule has 2 saturated heterocycles. The lowest BCUT2D eigenvalue weighted by Gasteiger charge is -2.38. The van der Waals surface area contributed by atoms with E-state index >= 15 is 0 Å². The zero-order valence-electron chi connectivity index (χ0n) is 19.8. The quantitative estimate of drug-likeness (QED) is 0.622. The maximum Gasteiger partial charge on any atom is 0.421 e. The molecule has 2 aliphatic heterocycles.